The lowest BCUT2D eigenvalue weighted by Gasteiger charge is -2.43. The van der Waals surface area contributed by atoms with Crippen LogP contribution in [-0.4, -0.2) is 56.4 Å². The normalized spacial score (nSPS) is 13.3. The highest BCUT2D eigenvalue weighted by molar-refractivity contribution is 7.09. The molecule has 1 fully saturated rings. The van der Waals surface area contributed by atoms with Crippen molar-refractivity contribution in [2.75, 3.05) is 36.5 Å². The summed E-state index contributed by atoms with van der Waals surface area (Å²) in [5.41, 5.74) is 4.87. The van der Waals surface area contributed by atoms with E-state index in [0.717, 1.165) is 33.6 Å². The molecule has 6 aromatic rings. The van der Waals surface area contributed by atoms with E-state index < -0.39 is 5.54 Å². The zero-order chi connectivity index (χ0) is 32.1. The average molecular weight is 642 g/mol. The molecule has 1 aliphatic rings. The van der Waals surface area contributed by atoms with E-state index in [0.29, 0.717) is 43.8 Å². The summed E-state index contributed by atoms with van der Waals surface area (Å²) in [5, 5.41) is 8.34. The summed E-state index contributed by atoms with van der Waals surface area (Å²) in [7, 11) is 0. The third-order valence-corrected chi connectivity index (χ3v) is 9.04. The van der Waals surface area contributed by atoms with Crippen molar-refractivity contribution in [1.82, 2.24) is 24.0 Å². The largest absolute Gasteiger partial charge is 0.380 e. The first kappa shape index (κ1) is 30.3. The highest BCUT2D eigenvalue weighted by atomic mass is 32.1. The van der Waals surface area contributed by atoms with E-state index in [2.05, 4.69) is 51.2 Å². The second kappa shape index (κ2) is 13.6. The van der Waals surface area contributed by atoms with Gasteiger partial charge in [-0.1, -0.05) is 91.0 Å². The van der Waals surface area contributed by atoms with E-state index in [1.165, 1.54) is 11.5 Å². The molecule has 7 rings (SSSR count). The number of amides is 2. The fraction of sp³-hybridized carbons (Fsp3) is 0.189. The molecule has 4 aromatic carbocycles. The van der Waals surface area contributed by atoms with Gasteiger partial charge in [-0.15, -0.1) is 0 Å². The summed E-state index contributed by atoms with van der Waals surface area (Å²) in [4.78, 5) is 23.1. The number of nitrogens with zero attached hydrogens (tertiary/aromatic N) is 6. The van der Waals surface area contributed by atoms with Crippen molar-refractivity contribution >= 4 is 34.1 Å². The lowest BCUT2D eigenvalue weighted by atomic mass is 9.75. The van der Waals surface area contributed by atoms with Gasteiger partial charge in [0.2, 0.25) is 5.13 Å². The van der Waals surface area contributed by atoms with Gasteiger partial charge in [0.25, 0.3) is 0 Å². The van der Waals surface area contributed by atoms with Crippen LogP contribution in [0, 0.1) is 0 Å². The summed E-state index contributed by atoms with van der Waals surface area (Å²) in [6.07, 6.45) is 3.69. The fourth-order valence-electron chi connectivity index (χ4n) is 6.25. The van der Waals surface area contributed by atoms with E-state index in [4.69, 9.17) is 9.72 Å². The Kier molecular flexibility index (Phi) is 8.77. The van der Waals surface area contributed by atoms with Crippen LogP contribution in [0.3, 0.4) is 0 Å². The Labute approximate surface area is 278 Å². The molecule has 9 nitrogen and oxygen atoms in total. The Bertz CT molecular complexity index is 1810. The predicted octanol–water partition coefficient (Wildman–Crippen LogP) is 7.42. The fourth-order valence-corrected chi connectivity index (χ4v) is 6.86. The summed E-state index contributed by atoms with van der Waals surface area (Å²) >= 11 is 1.29. The van der Waals surface area contributed by atoms with Crippen LogP contribution >= 0.6 is 11.5 Å². The van der Waals surface area contributed by atoms with Gasteiger partial charge in [-0.05, 0) is 47.9 Å². The summed E-state index contributed by atoms with van der Waals surface area (Å²) in [6.45, 7) is 5.09. The first-order valence-corrected chi connectivity index (χ1v) is 16.5. The van der Waals surface area contributed by atoms with Gasteiger partial charge in [-0.3, -0.25) is 9.58 Å². The van der Waals surface area contributed by atoms with Crippen LogP contribution < -0.4 is 10.2 Å². The minimum absolute atomic E-state index is 0.0469. The van der Waals surface area contributed by atoms with Gasteiger partial charge in [0.15, 0.2) is 5.82 Å². The minimum atomic E-state index is -0.802. The number of hydrogen-bond donors (Lipinski definition) is 1. The standard InChI is InChI=1S/C37H35N7O2S/c1-2-46-25-24-42-27-32(26-38-42)39-35-40-34(41-47-35)28-18-20-33(21-19-28)43-22-23-44(36(43)45)37(29-12-6-3-7-13-29,30-14-8-4-9-15-30)31-16-10-5-11-17-31/h3-21,26-27H,2,22-25H2,1H3,(H,39,40,41). The third-order valence-electron chi connectivity index (χ3n) is 8.41. The molecule has 47 heavy (non-hydrogen) atoms. The van der Waals surface area contributed by atoms with Gasteiger partial charge in [0.1, 0.15) is 5.54 Å². The van der Waals surface area contributed by atoms with Crippen molar-refractivity contribution in [3.05, 3.63) is 144 Å². The van der Waals surface area contributed by atoms with Gasteiger partial charge in [-0.2, -0.15) is 14.5 Å². The number of urea groups is 1. The Morgan fingerprint density at radius 2 is 1.45 bits per heavy atom. The zero-order valence-electron chi connectivity index (χ0n) is 26.1. The van der Waals surface area contributed by atoms with Gasteiger partial charge in [0, 0.05) is 48.7 Å². The molecule has 0 bridgehead atoms. The molecule has 1 N–H and O–H groups in total. The quantitative estimate of drug-likeness (QED) is 0.111. The van der Waals surface area contributed by atoms with Crippen LogP contribution in [0.25, 0.3) is 11.4 Å². The molecule has 10 heteroatoms. The maximum atomic E-state index is 14.5. The topological polar surface area (TPSA) is 88.4 Å². The van der Waals surface area contributed by atoms with Crippen LogP contribution in [-0.2, 0) is 16.8 Å². The van der Waals surface area contributed by atoms with Crippen molar-refractivity contribution in [2.45, 2.75) is 19.0 Å². The molecule has 2 aromatic heterocycles. The third kappa shape index (κ3) is 6.00. The molecule has 0 aliphatic carbocycles. The summed E-state index contributed by atoms with van der Waals surface area (Å²) in [5.74, 6) is 0.624. The van der Waals surface area contributed by atoms with Crippen LogP contribution in [0.5, 0.6) is 0 Å². The van der Waals surface area contributed by atoms with Crippen molar-refractivity contribution in [3.63, 3.8) is 0 Å². The van der Waals surface area contributed by atoms with E-state index in [9.17, 15) is 4.79 Å². The number of hydrogen-bond acceptors (Lipinski definition) is 7. The minimum Gasteiger partial charge on any atom is -0.380 e. The first-order chi connectivity index (χ1) is 23.2. The smallest absolute Gasteiger partial charge is 0.325 e. The molecule has 236 valence electrons. The molecule has 0 atom stereocenters. The number of carbonyl (C=O) groups is 1. The highest BCUT2D eigenvalue weighted by Crippen LogP contribution is 2.44. The Morgan fingerprint density at radius 3 is 2.04 bits per heavy atom. The molecule has 1 aliphatic heterocycles. The van der Waals surface area contributed by atoms with Crippen LogP contribution in [0.4, 0.5) is 21.3 Å². The molecular weight excluding hydrogens is 607 g/mol. The molecule has 0 spiro atoms. The van der Waals surface area contributed by atoms with E-state index >= 15 is 0 Å². The van der Waals surface area contributed by atoms with Crippen molar-refractivity contribution in [1.29, 1.82) is 0 Å². The zero-order valence-corrected chi connectivity index (χ0v) is 26.9. The molecule has 3 heterocycles. The van der Waals surface area contributed by atoms with Crippen molar-refractivity contribution < 1.29 is 9.53 Å². The second-order valence-electron chi connectivity index (χ2n) is 11.2. The molecular formula is C37H35N7O2S. The monoisotopic (exact) mass is 641 g/mol. The van der Waals surface area contributed by atoms with Crippen LogP contribution in [0.1, 0.15) is 23.6 Å². The SMILES string of the molecule is CCOCCn1cc(Nc2nc(-c3ccc(N4CCN(C(c5ccccc5)(c5ccccc5)c5ccccc5)C4=O)cc3)ns2)cn1. The highest BCUT2D eigenvalue weighted by Gasteiger charge is 2.48. The van der Waals surface area contributed by atoms with E-state index in [1.54, 1.807) is 6.20 Å². The van der Waals surface area contributed by atoms with Crippen molar-refractivity contribution in [2.24, 2.45) is 0 Å². The Morgan fingerprint density at radius 1 is 0.830 bits per heavy atom. The lowest BCUT2D eigenvalue weighted by Crippen LogP contribution is -2.50. The molecule has 0 unspecified atom stereocenters. The van der Waals surface area contributed by atoms with Crippen LogP contribution in [0.15, 0.2) is 128 Å². The number of aromatic nitrogens is 4. The second-order valence-corrected chi connectivity index (χ2v) is 11.9. The number of anilines is 3. The van der Waals surface area contributed by atoms with Gasteiger partial charge in [0.05, 0.1) is 25.0 Å². The maximum Gasteiger partial charge on any atom is 0.325 e. The van der Waals surface area contributed by atoms with E-state index in [-0.39, 0.29) is 6.03 Å². The van der Waals surface area contributed by atoms with Gasteiger partial charge < -0.3 is 15.0 Å². The molecule has 2 amide bonds. The number of nitrogens with one attached hydrogen (secondary N) is 1. The number of benzene rings is 4. The van der Waals surface area contributed by atoms with Crippen molar-refractivity contribution in [3.8, 4) is 11.4 Å². The maximum absolute atomic E-state index is 14.5. The lowest BCUT2D eigenvalue weighted by molar-refractivity contribution is 0.136. The summed E-state index contributed by atoms with van der Waals surface area (Å²) in [6, 6.07) is 38.8. The summed E-state index contributed by atoms with van der Waals surface area (Å²) < 4.78 is 11.8. The Hall–Kier alpha value is -5.32. The average Bonchev–Trinajstić information content (AvgIpc) is 3.88. The van der Waals surface area contributed by atoms with Crippen LogP contribution in [0.2, 0.25) is 0 Å². The molecule has 0 radical (unpaired) electrons. The number of rotatable bonds is 12. The molecule has 0 saturated carbocycles. The first-order valence-electron chi connectivity index (χ1n) is 15.7. The van der Waals surface area contributed by atoms with E-state index in [1.807, 2.05) is 106 Å². The van der Waals surface area contributed by atoms with Gasteiger partial charge >= 0.3 is 6.03 Å². The Balaban J connectivity index is 1.13. The molecule has 1 saturated heterocycles. The number of ether oxygens (including phenoxy) is 1. The number of carbonyl (C=O) groups excluding carboxylic acids is 1. The predicted molar refractivity (Wildman–Crippen MR) is 186 cm³/mol. The van der Waals surface area contributed by atoms with Gasteiger partial charge in [-0.25, -0.2) is 4.79 Å².